The van der Waals surface area contributed by atoms with Crippen molar-refractivity contribution < 1.29 is 18.5 Å². The van der Waals surface area contributed by atoms with Crippen molar-refractivity contribution in [1.82, 2.24) is 5.32 Å². The normalized spacial score (nSPS) is 22.9. The molecule has 2 saturated heterocycles. The van der Waals surface area contributed by atoms with Gasteiger partial charge in [0.25, 0.3) is 0 Å². The number of ether oxygens (including phenoxy) is 1. The number of allylic oxidation sites excluding steroid dienone is 8. The van der Waals surface area contributed by atoms with Crippen molar-refractivity contribution in [2.45, 2.75) is 192 Å². The number of Topliss-reactive ketones (excluding diaryl/α,β-unsaturated/α-hetero) is 1. The van der Waals surface area contributed by atoms with Gasteiger partial charge in [-0.1, -0.05) is 145 Å². The monoisotopic (exact) mass is 871 g/mol. The van der Waals surface area contributed by atoms with E-state index in [0.29, 0.717) is 11.5 Å². The van der Waals surface area contributed by atoms with Gasteiger partial charge in [0.15, 0.2) is 6.21 Å². The third-order valence-corrected chi connectivity index (χ3v) is 12.3. The number of ketones is 1. The molecule has 63 heavy (non-hydrogen) atoms. The number of aryl methyl sites for hydroxylation is 1. The van der Waals surface area contributed by atoms with Crippen molar-refractivity contribution in [3.8, 4) is 0 Å². The van der Waals surface area contributed by atoms with Crippen LogP contribution in [0, 0.1) is 30.6 Å². The Morgan fingerprint density at radius 1 is 1.02 bits per heavy atom. The van der Waals surface area contributed by atoms with Crippen LogP contribution in [0.3, 0.4) is 0 Å². The van der Waals surface area contributed by atoms with Gasteiger partial charge in [0.1, 0.15) is 30.3 Å². The summed E-state index contributed by atoms with van der Waals surface area (Å²) in [5.74, 6) is 2.79. The minimum atomic E-state index is -0.517. The second kappa shape index (κ2) is 29.7. The molecule has 4 rings (SSSR count). The van der Waals surface area contributed by atoms with Gasteiger partial charge in [-0.3, -0.25) is 9.79 Å². The molecular weight excluding hydrogens is 778 g/mol. The molecule has 1 atom stereocenters. The second-order valence-corrected chi connectivity index (χ2v) is 19.5. The smallest absolute Gasteiger partial charge is 0.171 e. The lowest BCUT2D eigenvalue weighted by molar-refractivity contribution is -0.541. The van der Waals surface area contributed by atoms with E-state index < -0.39 is 11.2 Å². The Labute approximate surface area is 387 Å². The number of carbonyl (C=O) groups excluding carboxylic acids is 1. The molecule has 5 nitrogen and oxygen atoms in total. The predicted molar refractivity (Wildman–Crippen MR) is 275 cm³/mol. The molecular formula is C57H93FN3O2+. The summed E-state index contributed by atoms with van der Waals surface area (Å²) in [6.07, 6.45) is 25.5. The fourth-order valence-corrected chi connectivity index (χ4v) is 8.25. The maximum absolute atomic E-state index is 14.4. The summed E-state index contributed by atoms with van der Waals surface area (Å²) in [5, 5.41) is 3.17. The van der Waals surface area contributed by atoms with Crippen LogP contribution in [0.5, 0.6) is 0 Å². The molecule has 0 amide bonds. The number of piperidine rings is 1. The molecule has 1 N–H and O–H groups in total. The molecule has 1 saturated carbocycles. The van der Waals surface area contributed by atoms with E-state index in [2.05, 4.69) is 110 Å². The Morgan fingerprint density at radius 2 is 1.60 bits per heavy atom. The molecule has 6 heteroatoms. The van der Waals surface area contributed by atoms with Crippen LogP contribution in [0.4, 0.5) is 4.39 Å². The SMILES string of the molecule is C=C/C(F)=C(\C=C/C)N/C(C)=C(C)/C(=C\C(=C)c1ccc(C2(C(=O)C(C)C)CC[N+](=CC3(C)CCO3)CC2)c(C)c1)N=CCC.CC(C)C.CCC1CC(C)C1.CCCCCCC. The molecule has 0 aromatic heterocycles. The van der Waals surface area contributed by atoms with Crippen LogP contribution < -0.4 is 5.32 Å². The van der Waals surface area contributed by atoms with E-state index in [1.807, 2.05) is 53.8 Å². The van der Waals surface area contributed by atoms with Crippen molar-refractivity contribution in [3.05, 3.63) is 101 Å². The van der Waals surface area contributed by atoms with E-state index >= 15 is 0 Å². The van der Waals surface area contributed by atoms with Crippen LogP contribution in [0.15, 0.2) is 89.1 Å². The number of hydrogen-bond donors (Lipinski definition) is 1. The molecule has 2 heterocycles. The van der Waals surface area contributed by atoms with Gasteiger partial charge in [-0.05, 0) is 118 Å². The quantitative estimate of drug-likeness (QED) is 0.0692. The summed E-state index contributed by atoms with van der Waals surface area (Å²) in [5.41, 5.74) is 6.02. The molecule has 0 radical (unpaired) electrons. The first-order chi connectivity index (χ1) is 29.8. The number of rotatable bonds is 18. The van der Waals surface area contributed by atoms with E-state index in [4.69, 9.17) is 9.73 Å². The Kier molecular flexibility index (Phi) is 27.1. The van der Waals surface area contributed by atoms with Crippen molar-refractivity contribution in [2.24, 2.45) is 28.7 Å². The number of aliphatic imine (C=N–C) groups is 1. The number of hydrogen-bond acceptors (Lipinski definition) is 4. The van der Waals surface area contributed by atoms with E-state index in [-0.39, 0.29) is 11.5 Å². The summed E-state index contributed by atoms with van der Waals surface area (Å²) < 4.78 is 22.5. The molecule has 1 aromatic carbocycles. The maximum Gasteiger partial charge on any atom is 0.171 e. The molecule has 3 fully saturated rings. The lowest BCUT2D eigenvalue weighted by Crippen LogP contribution is -2.50. The van der Waals surface area contributed by atoms with Crippen LogP contribution in [-0.2, 0) is 14.9 Å². The van der Waals surface area contributed by atoms with Gasteiger partial charge in [-0.15, -0.1) is 0 Å². The van der Waals surface area contributed by atoms with Crippen LogP contribution >= 0.6 is 0 Å². The molecule has 2 aliphatic heterocycles. The van der Waals surface area contributed by atoms with Crippen molar-refractivity contribution in [1.29, 1.82) is 0 Å². The van der Waals surface area contributed by atoms with Gasteiger partial charge >= 0.3 is 0 Å². The Morgan fingerprint density at radius 3 is 2.02 bits per heavy atom. The first kappa shape index (κ1) is 57.4. The number of carbonyl (C=O) groups is 1. The number of nitrogens with one attached hydrogen (secondary N) is 1. The Bertz CT molecular complexity index is 1740. The highest BCUT2D eigenvalue weighted by molar-refractivity contribution is 5.92. The first-order valence-electron chi connectivity index (χ1n) is 24.7. The van der Waals surface area contributed by atoms with Crippen LogP contribution in [-0.4, -0.2) is 48.1 Å². The molecule has 1 aliphatic carbocycles. The molecule has 0 bridgehead atoms. The van der Waals surface area contributed by atoms with Gasteiger partial charge in [-0.25, -0.2) is 8.97 Å². The number of halogens is 1. The van der Waals surface area contributed by atoms with Crippen molar-refractivity contribution in [3.63, 3.8) is 0 Å². The highest BCUT2D eigenvalue weighted by atomic mass is 19.1. The third kappa shape index (κ3) is 19.6. The fraction of sp³-hybridized carbons (Fsp3) is 0.632. The summed E-state index contributed by atoms with van der Waals surface area (Å²) in [4.78, 5) is 18.6. The summed E-state index contributed by atoms with van der Waals surface area (Å²) in [6.45, 7) is 42.0. The fourth-order valence-electron chi connectivity index (χ4n) is 8.25. The minimum Gasteiger partial charge on any atom is -0.365 e. The highest BCUT2D eigenvalue weighted by Crippen LogP contribution is 2.41. The Hall–Kier alpha value is -3.64. The standard InChI is InChI=1S/C39H53FN3O2.C7H14.C7H16.C4H10/c1-11-14-35(34(40)13-3)42-31(9)30(8)36(41-20-12-2)25-28(6)32-15-16-33(29(7)24-32)39(37(44)27(4)5)17-21-43(22-18-39)26-38(10)19-23-45-38;1-3-7-4-6(2)5-7;1-3-5-7-6-4-2;1-4(2)3/h11,13-16,20,24-27,42H,3,6,12,17-19,21-23H2,1-2,4-5,7-10H3;6-7H,3-5H2,1-2H3;3-7H2,1-2H3;4H,1-3H3/q+1;;;/b14-11-,31-30+,35-34-,36-25+,41-20?,43-26?;;;. The van der Waals surface area contributed by atoms with Gasteiger partial charge in [0, 0.05) is 37.1 Å². The number of benzene rings is 1. The average Bonchev–Trinajstić information content (AvgIpc) is 3.23. The minimum absolute atomic E-state index is 0.0567. The lowest BCUT2D eigenvalue weighted by Gasteiger charge is -2.39. The summed E-state index contributed by atoms with van der Waals surface area (Å²) >= 11 is 0. The Balaban J connectivity index is 0.000000912. The largest absolute Gasteiger partial charge is 0.365 e. The zero-order valence-corrected chi connectivity index (χ0v) is 43.1. The van der Waals surface area contributed by atoms with Gasteiger partial charge in [0.2, 0.25) is 0 Å². The van der Waals surface area contributed by atoms with E-state index in [1.54, 1.807) is 12.2 Å². The second-order valence-electron chi connectivity index (χ2n) is 19.5. The predicted octanol–water partition coefficient (Wildman–Crippen LogP) is 15.8. The molecule has 0 spiro atoms. The van der Waals surface area contributed by atoms with Crippen LogP contribution in [0.1, 0.15) is 191 Å². The van der Waals surface area contributed by atoms with E-state index in [0.717, 1.165) is 102 Å². The zero-order valence-electron chi connectivity index (χ0n) is 43.1. The number of unbranched alkanes of at least 4 members (excludes halogenated alkanes) is 4. The first-order valence-corrected chi connectivity index (χ1v) is 24.7. The zero-order chi connectivity index (χ0) is 47.8. The van der Waals surface area contributed by atoms with Gasteiger partial charge < -0.3 is 10.1 Å². The van der Waals surface area contributed by atoms with E-state index in [9.17, 15) is 9.18 Å². The van der Waals surface area contributed by atoms with E-state index in [1.165, 1.54) is 57.4 Å². The average molecular weight is 871 g/mol. The van der Waals surface area contributed by atoms with Crippen LogP contribution in [0.25, 0.3) is 5.57 Å². The topological polar surface area (TPSA) is 53.7 Å². The molecule has 1 unspecified atom stereocenters. The third-order valence-electron chi connectivity index (χ3n) is 12.3. The van der Waals surface area contributed by atoms with Gasteiger partial charge in [-0.2, -0.15) is 0 Å². The lowest BCUT2D eigenvalue weighted by atomic mass is 9.66. The van der Waals surface area contributed by atoms with Crippen molar-refractivity contribution in [2.75, 3.05) is 19.7 Å². The van der Waals surface area contributed by atoms with Crippen molar-refractivity contribution >= 4 is 23.8 Å². The number of nitrogens with zero attached hydrogens (tertiary/aromatic N) is 2. The summed E-state index contributed by atoms with van der Waals surface area (Å²) in [7, 11) is 0. The molecule has 1 aromatic rings. The molecule has 354 valence electrons. The van der Waals surface area contributed by atoms with Crippen LogP contribution in [0.2, 0.25) is 0 Å². The highest BCUT2D eigenvalue weighted by Gasteiger charge is 2.47. The molecule has 3 aliphatic rings. The maximum atomic E-state index is 14.4. The van der Waals surface area contributed by atoms with Gasteiger partial charge in [0.05, 0.1) is 23.4 Å². The summed E-state index contributed by atoms with van der Waals surface area (Å²) in [6, 6.07) is 6.36.